The van der Waals surface area contributed by atoms with Gasteiger partial charge < -0.3 is 20.3 Å². The highest BCUT2D eigenvalue weighted by Gasteiger charge is 2.19. The van der Waals surface area contributed by atoms with Gasteiger partial charge in [-0.25, -0.2) is 4.98 Å². The van der Waals surface area contributed by atoms with Crippen molar-refractivity contribution in [2.24, 2.45) is 10.7 Å². The summed E-state index contributed by atoms with van der Waals surface area (Å²) in [5.74, 6) is 0.686. The van der Waals surface area contributed by atoms with Gasteiger partial charge in [0.05, 0.1) is 13.2 Å². The first kappa shape index (κ1) is 16.5. The Kier molecular flexibility index (Phi) is 6.06. The first-order chi connectivity index (χ1) is 11.3. The number of ether oxygens (including phenoxy) is 1. The van der Waals surface area contributed by atoms with Crippen LogP contribution in [0, 0.1) is 0 Å². The molecule has 0 aliphatic carbocycles. The molecular formula is C15H26N6OS. The van der Waals surface area contributed by atoms with E-state index in [-0.39, 0.29) is 0 Å². The molecule has 0 unspecified atom stereocenters. The van der Waals surface area contributed by atoms with E-state index >= 15 is 0 Å². The maximum Gasteiger partial charge on any atom is 0.191 e. The number of guanidine groups is 1. The Morgan fingerprint density at radius 1 is 1.22 bits per heavy atom. The van der Waals surface area contributed by atoms with Crippen molar-refractivity contribution in [3.63, 3.8) is 0 Å². The number of hydrogen-bond acceptors (Lipinski definition) is 6. The molecule has 0 bridgehead atoms. The molecule has 8 heteroatoms. The van der Waals surface area contributed by atoms with Crippen LogP contribution in [-0.4, -0.2) is 86.3 Å². The van der Waals surface area contributed by atoms with Crippen molar-refractivity contribution in [1.82, 2.24) is 14.8 Å². The monoisotopic (exact) mass is 338 g/mol. The normalized spacial score (nSPS) is 21.0. The van der Waals surface area contributed by atoms with Gasteiger partial charge in [-0.15, -0.1) is 11.3 Å². The standard InChI is InChI=1S/C15H26N6OS/c16-14(17-2-1-4-19-9-11-22-12-10-19)20-5-7-21(8-6-20)15-18-3-13-23-15/h3,13H,1-2,4-12H2,(H2,16,17). The van der Waals surface area contributed by atoms with Crippen LogP contribution in [-0.2, 0) is 4.74 Å². The molecule has 3 rings (SSSR count). The zero-order valence-electron chi connectivity index (χ0n) is 13.6. The predicted molar refractivity (Wildman–Crippen MR) is 94.3 cm³/mol. The number of nitrogens with zero attached hydrogens (tertiary/aromatic N) is 5. The molecule has 2 fully saturated rings. The Balaban J connectivity index is 1.36. The van der Waals surface area contributed by atoms with Crippen molar-refractivity contribution < 1.29 is 4.74 Å². The Morgan fingerprint density at radius 2 is 2.00 bits per heavy atom. The molecular weight excluding hydrogens is 312 g/mol. The van der Waals surface area contributed by atoms with E-state index in [1.54, 1.807) is 11.3 Å². The fourth-order valence-corrected chi connectivity index (χ4v) is 3.61. The molecule has 0 aromatic carbocycles. The second-order valence-corrected chi connectivity index (χ2v) is 6.71. The number of rotatable bonds is 5. The lowest BCUT2D eigenvalue weighted by Gasteiger charge is -2.35. The third-order valence-electron chi connectivity index (χ3n) is 4.30. The molecule has 0 saturated carbocycles. The van der Waals surface area contributed by atoms with Gasteiger partial charge in [-0.2, -0.15) is 0 Å². The summed E-state index contributed by atoms with van der Waals surface area (Å²) in [6.07, 6.45) is 2.91. The molecule has 23 heavy (non-hydrogen) atoms. The van der Waals surface area contributed by atoms with Crippen LogP contribution < -0.4 is 10.6 Å². The molecule has 0 amide bonds. The van der Waals surface area contributed by atoms with Crippen LogP contribution in [0.15, 0.2) is 16.6 Å². The third-order valence-corrected chi connectivity index (χ3v) is 5.14. The van der Waals surface area contributed by atoms with Gasteiger partial charge in [-0.05, 0) is 6.42 Å². The van der Waals surface area contributed by atoms with Crippen LogP contribution in [0.2, 0.25) is 0 Å². The molecule has 0 radical (unpaired) electrons. The first-order valence-corrected chi connectivity index (χ1v) is 9.20. The average Bonchev–Trinajstić information content (AvgIpc) is 3.14. The van der Waals surface area contributed by atoms with E-state index in [2.05, 4.69) is 24.7 Å². The van der Waals surface area contributed by atoms with Crippen LogP contribution in [0.25, 0.3) is 0 Å². The fraction of sp³-hybridized carbons (Fsp3) is 0.733. The number of aliphatic imine (C=N–C) groups is 1. The molecule has 1 aromatic heterocycles. The number of piperazine rings is 1. The van der Waals surface area contributed by atoms with Gasteiger partial charge in [0.15, 0.2) is 11.1 Å². The second-order valence-electron chi connectivity index (χ2n) is 5.84. The number of aromatic nitrogens is 1. The van der Waals surface area contributed by atoms with Crippen LogP contribution >= 0.6 is 11.3 Å². The molecule has 0 spiro atoms. The van der Waals surface area contributed by atoms with E-state index < -0.39 is 0 Å². The zero-order chi connectivity index (χ0) is 15.9. The number of nitrogens with two attached hydrogens (primary N) is 1. The highest BCUT2D eigenvalue weighted by Crippen LogP contribution is 2.18. The Labute approximate surface area is 141 Å². The molecule has 2 N–H and O–H groups in total. The molecule has 7 nitrogen and oxygen atoms in total. The number of hydrogen-bond donors (Lipinski definition) is 1. The summed E-state index contributed by atoms with van der Waals surface area (Å²) in [7, 11) is 0. The molecule has 128 valence electrons. The molecule has 2 saturated heterocycles. The van der Waals surface area contributed by atoms with E-state index in [4.69, 9.17) is 10.5 Å². The van der Waals surface area contributed by atoms with Gasteiger partial charge in [-0.3, -0.25) is 9.89 Å². The van der Waals surface area contributed by atoms with Crippen molar-refractivity contribution in [1.29, 1.82) is 0 Å². The molecule has 2 aliphatic rings. The lowest BCUT2D eigenvalue weighted by molar-refractivity contribution is 0.0377. The second kappa shape index (κ2) is 8.47. The minimum absolute atomic E-state index is 0.686. The largest absolute Gasteiger partial charge is 0.379 e. The summed E-state index contributed by atoms with van der Waals surface area (Å²) in [4.78, 5) is 15.8. The van der Waals surface area contributed by atoms with Crippen molar-refractivity contribution in [2.45, 2.75) is 6.42 Å². The fourth-order valence-electron chi connectivity index (χ4n) is 2.91. The maximum absolute atomic E-state index is 6.14. The Hall–Kier alpha value is -1.38. The average molecular weight is 338 g/mol. The highest BCUT2D eigenvalue weighted by molar-refractivity contribution is 7.13. The maximum atomic E-state index is 6.14. The number of morpholine rings is 1. The first-order valence-electron chi connectivity index (χ1n) is 8.32. The quantitative estimate of drug-likeness (QED) is 0.473. The van der Waals surface area contributed by atoms with Crippen LogP contribution in [0.5, 0.6) is 0 Å². The Morgan fingerprint density at radius 3 is 2.70 bits per heavy atom. The number of thiazole rings is 1. The predicted octanol–water partition coefficient (Wildman–Crippen LogP) is 0.302. The van der Waals surface area contributed by atoms with Crippen molar-refractivity contribution in [3.8, 4) is 0 Å². The lowest BCUT2D eigenvalue weighted by atomic mass is 10.3. The van der Waals surface area contributed by atoms with Crippen LogP contribution in [0.3, 0.4) is 0 Å². The molecule has 1 aromatic rings. The van der Waals surface area contributed by atoms with Crippen molar-refractivity contribution >= 4 is 22.4 Å². The zero-order valence-corrected chi connectivity index (χ0v) is 14.4. The van der Waals surface area contributed by atoms with Gasteiger partial charge >= 0.3 is 0 Å². The summed E-state index contributed by atoms with van der Waals surface area (Å²) >= 11 is 1.69. The Bertz CT molecular complexity index is 480. The SMILES string of the molecule is NC(=NCCCN1CCOCC1)N1CCN(c2nccs2)CC1. The van der Waals surface area contributed by atoms with Gasteiger partial charge in [0.1, 0.15) is 0 Å². The summed E-state index contributed by atoms with van der Waals surface area (Å²) in [5.41, 5.74) is 6.14. The van der Waals surface area contributed by atoms with Crippen LogP contribution in [0.4, 0.5) is 5.13 Å². The van der Waals surface area contributed by atoms with Crippen molar-refractivity contribution in [2.75, 3.05) is 70.5 Å². The molecule has 0 atom stereocenters. The van der Waals surface area contributed by atoms with Gasteiger partial charge in [0.2, 0.25) is 0 Å². The third kappa shape index (κ3) is 4.79. The minimum atomic E-state index is 0.686. The number of anilines is 1. The van der Waals surface area contributed by atoms with E-state index in [1.807, 2.05) is 11.6 Å². The van der Waals surface area contributed by atoms with Crippen LogP contribution in [0.1, 0.15) is 6.42 Å². The smallest absolute Gasteiger partial charge is 0.191 e. The summed E-state index contributed by atoms with van der Waals surface area (Å²) in [5, 5.41) is 3.12. The lowest BCUT2D eigenvalue weighted by Crippen LogP contribution is -2.51. The molecule has 2 aliphatic heterocycles. The van der Waals surface area contributed by atoms with E-state index in [0.717, 1.165) is 77.1 Å². The van der Waals surface area contributed by atoms with Gasteiger partial charge in [-0.1, -0.05) is 0 Å². The summed E-state index contributed by atoms with van der Waals surface area (Å²) in [6.45, 7) is 9.42. The van der Waals surface area contributed by atoms with E-state index in [9.17, 15) is 0 Å². The van der Waals surface area contributed by atoms with Gasteiger partial charge in [0.25, 0.3) is 0 Å². The van der Waals surface area contributed by atoms with E-state index in [1.165, 1.54) is 0 Å². The highest BCUT2D eigenvalue weighted by atomic mass is 32.1. The van der Waals surface area contributed by atoms with E-state index in [0.29, 0.717) is 5.96 Å². The van der Waals surface area contributed by atoms with Gasteiger partial charge in [0, 0.05) is 63.9 Å². The minimum Gasteiger partial charge on any atom is -0.379 e. The summed E-state index contributed by atoms with van der Waals surface area (Å²) in [6, 6.07) is 0. The molecule has 3 heterocycles. The van der Waals surface area contributed by atoms with Crippen molar-refractivity contribution in [3.05, 3.63) is 11.6 Å². The summed E-state index contributed by atoms with van der Waals surface area (Å²) < 4.78 is 5.36. The topological polar surface area (TPSA) is 70.2 Å².